The minimum atomic E-state index is -0.844. The minimum absolute atomic E-state index is 0.157. The number of benzene rings is 1. The third kappa shape index (κ3) is 1.87. The van der Waals surface area contributed by atoms with Crippen LogP contribution in [0.4, 0.5) is 4.39 Å². The first kappa shape index (κ1) is 11.9. The average Bonchev–Trinajstić information content (AvgIpc) is 2.23. The van der Waals surface area contributed by atoms with E-state index in [-0.39, 0.29) is 11.2 Å². The van der Waals surface area contributed by atoms with Gasteiger partial charge in [0.15, 0.2) is 0 Å². The lowest BCUT2D eigenvalue weighted by Crippen LogP contribution is -2.47. The van der Waals surface area contributed by atoms with Gasteiger partial charge in [-0.05, 0) is 35.3 Å². The molecule has 0 amide bonds. The van der Waals surface area contributed by atoms with Crippen LogP contribution < -0.4 is 0 Å². The number of halogens is 1. The number of hydrogen-bond acceptors (Lipinski definition) is 2. The van der Waals surface area contributed by atoms with E-state index in [0.717, 1.165) is 17.7 Å². The molecule has 1 aliphatic rings. The van der Waals surface area contributed by atoms with Gasteiger partial charge in [-0.3, -0.25) is 0 Å². The summed E-state index contributed by atoms with van der Waals surface area (Å²) in [5.74, 6) is 1.51. The highest BCUT2D eigenvalue weighted by Crippen LogP contribution is 2.48. The molecule has 0 radical (unpaired) electrons. The summed E-state index contributed by atoms with van der Waals surface area (Å²) in [4.78, 5) is 0. The molecule has 1 aromatic rings. The molecule has 3 heteroatoms. The van der Waals surface area contributed by atoms with E-state index >= 15 is 0 Å². The van der Waals surface area contributed by atoms with E-state index in [9.17, 15) is 9.50 Å². The van der Waals surface area contributed by atoms with Gasteiger partial charge in [0.05, 0.1) is 0 Å². The molecule has 1 heterocycles. The molecule has 1 fully saturated rings. The van der Waals surface area contributed by atoms with E-state index < -0.39 is 5.60 Å². The predicted octanol–water partition coefficient (Wildman–Crippen LogP) is 3.18. The molecule has 0 bridgehead atoms. The fraction of sp³-hybridized carbons (Fsp3) is 0.538. The first-order valence-corrected chi connectivity index (χ1v) is 6.67. The molecular formula is C13H17FOS. The average molecular weight is 240 g/mol. The van der Waals surface area contributed by atoms with Gasteiger partial charge in [-0.25, -0.2) is 4.39 Å². The van der Waals surface area contributed by atoms with Crippen molar-refractivity contribution in [3.8, 4) is 0 Å². The highest BCUT2D eigenvalue weighted by Gasteiger charge is 2.46. The quantitative estimate of drug-likeness (QED) is 0.813. The molecule has 1 aromatic carbocycles. The third-order valence-electron chi connectivity index (χ3n) is 3.62. The van der Waals surface area contributed by atoms with Crippen LogP contribution in [0.15, 0.2) is 24.3 Å². The Morgan fingerprint density at radius 2 is 1.88 bits per heavy atom. The molecule has 0 saturated carbocycles. The van der Waals surface area contributed by atoms with Crippen LogP contribution >= 0.6 is 11.8 Å². The number of aliphatic hydroxyl groups is 1. The molecule has 88 valence electrons. The molecule has 2 rings (SSSR count). The molecular weight excluding hydrogens is 223 g/mol. The fourth-order valence-corrected chi connectivity index (χ4v) is 3.80. The molecule has 0 aromatic heterocycles. The first-order valence-electron chi connectivity index (χ1n) is 5.52. The highest BCUT2D eigenvalue weighted by atomic mass is 32.2. The van der Waals surface area contributed by atoms with Gasteiger partial charge >= 0.3 is 0 Å². The van der Waals surface area contributed by atoms with Crippen LogP contribution in [0.5, 0.6) is 0 Å². The monoisotopic (exact) mass is 240 g/mol. The van der Waals surface area contributed by atoms with Crippen molar-refractivity contribution in [2.75, 3.05) is 11.5 Å². The Morgan fingerprint density at radius 3 is 2.44 bits per heavy atom. The summed E-state index contributed by atoms with van der Waals surface area (Å²) in [5.41, 5.74) is -0.175. The van der Waals surface area contributed by atoms with E-state index in [4.69, 9.17) is 0 Å². The Hall–Kier alpha value is -0.540. The summed E-state index contributed by atoms with van der Waals surface area (Å²) >= 11 is 1.76. The van der Waals surface area contributed by atoms with Crippen molar-refractivity contribution in [2.45, 2.75) is 25.9 Å². The zero-order chi connectivity index (χ0) is 11.8. The molecule has 1 nitrogen and oxygen atoms in total. The second-order valence-electron chi connectivity index (χ2n) is 5.05. The molecule has 1 unspecified atom stereocenters. The van der Waals surface area contributed by atoms with Gasteiger partial charge in [-0.15, -0.1) is 0 Å². The summed E-state index contributed by atoms with van der Waals surface area (Å²) in [7, 11) is 0. The van der Waals surface area contributed by atoms with E-state index in [2.05, 4.69) is 13.8 Å². The molecule has 1 aliphatic heterocycles. The molecule has 16 heavy (non-hydrogen) atoms. The molecule has 0 aliphatic carbocycles. The second kappa shape index (κ2) is 4.04. The maximum atomic E-state index is 12.9. The zero-order valence-corrected chi connectivity index (χ0v) is 10.5. The van der Waals surface area contributed by atoms with Crippen molar-refractivity contribution >= 4 is 11.8 Å². The van der Waals surface area contributed by atoms with Crippen molar-refractivity contribution in [1.29, 1.82) is 0 Å². The summed E-state index contributed by atoms with van der Waals surface area (Å²) in [6.07, 6.45) is 0.978. The van der Waals surface area contributed by atoms with Crippen LogP contribution in [0.25, 0.3) is 0 Å². The Morgan fingerprint density at radius 1 is 1.25 bits per heavy atom. The lowest BCUT2D eigenvalue weighted by molar-refractivity contribution is -0.0579. The van der Waals surface area contributed by atoms with Gasteiger partial charge in [-0.1, -0.05) is 26.0 Å². The van der Waals surface area contributed by atoms with Gasteiger partial charge in [0.1, 0.15) is 11.4 Å². The van der Waals surface area contributed by atoms with Crippen molar-refractivity contribution in [3.05, 3.63) is 35.6 Å². The number of thioether (sulfide) groups is 1. The smallest absolute Gasteiger partial charge is 0.123 e. The van der Waals surface area contributed by atoms with Crippen LogP contribution in [-0.4, -0.2) is 16.6 Å². The van der Waals surface area contributed by atoms with Crippen LogP contribution in [0.1, 0.15) is 25.8 Å². The Kier molecular flexibility index (Phi) is 3.01. The number of rotatable bonds is 1. The van der Waals surface area contributed by atoms with E-state index in [0.29, 0.717) is 5.75 Å². The molecule has 0 spiro atoms. The molecule has 1 N–H and O–H groups in total. The van der Waals surface area contributed by atoms with Gasteiger partial charge in [-0.2, -0.15) is 11.8 Å². The highest BCUT2D eigenvalue weighted by molar-refractivity contribution is 7.99. The summed E-state index contributed by atoms with van der Waals surface area (Å²) in [5, 5.41) is 10.8. The summed E-state index contributed by atoms with van der Waals surface area (Å²) < 4.78 is 12.9. The van der Waals surface area contributed by atoms with Gasteiger partial charge in [0.25, 0.3) is 0 Å². The third-order valence-corrected chi connectivity index (χ3v) is 4.74. The maximum Gasteiger partial charge on any atom is 0.123 e. The largest absolute Gasteiger partial charge is 0.384 e. The topological polar surface area (TPSA) is 20.2 Å². The van der Waals surface area contributed by atoms with Crippen LogP contribution in [-0.2, 0) is 5.60 Å². The van der Waals surface area contributed by atoms with Crippen molar-refractivity contribution in [1.82, 2.24) is 0 Å². The Labute approximate surface area is 100 Å². The maximum absolute atomic E-state index is 12.9. The standard InChI is InChI=1S/C13H17FOS/c1-12(2)7-8-16-9-13(12,15)10-3-5-11(14)6-4-10/h3-6,15H,7-9H2,1-2H3. The van der Waals surface area contributed by atoms with Gasteiger partial charge in [0, 0.05) is 5.75 Å². The second-order valence-corrected chi connectivity index (χ2v) is 6.16. The van der Waals surface area contributed by atoms with Gasteiger partial charge < -0.3 is 5.11 Å². The molecule has 1 atom stereocenters. The fourth-order valence-electron chi connectivity index (χ4n) is 2.15. The van der Waals surface area contributed by atoms with E-state index in [1.54, 1.807) is 23.9 Å². The Balaban J connectivity index is 2.39. The lowest BCUT2D eigenvalue weighted by atomic mass is 9.70. The van der Waals surface area contributed by atoms with Crippen LogP contribution in [0.2, 0.25) is 0 Å². The van der Waals surface area contributed by atoms with Crippen molar-refractivity contribution in [3.63, 3.8) is 0 Å². The van der Waals surface area contributed by atoms with E-state index in [1.165, 1.54) is 12.1 Å². The van der Waals surface area contributed by atoms with Crippen LogP contribution in [0.3, 0.4) is 0 Å². The normalized spacial score (nSPS) is 29.0. The zero-order valence-electron chi connectivity index (χ0n) is 9.66. The van der Waals surface area contributed by atoms with Crippen molar-refractivity contribution < 1.29 is 9.50 Å². The summed E-state index contributed by atoms with van der Waals surface area (Å²) in [6, 6.07) is 6.23. The molecule has 1 saturated heterocycles. The first-order chi connectivity index (χ1) is 7.46. The Bertz CT molecular complexity index is 374. The SMILES string of the molecule is CC1(C)CCSCC1(O)c1ccc(F)cc1. The van der Waals surface area contributed by atoms with Gasteiger partial charge in [0.2, 0.25) is 0 Å². The minimum Gasteiger partial charge on any atom is -0.384 e. The summed E-state index contributed by atoms with van der Waals surface area (Å²) in [6.45, 7) is 4.16. The number of hydrogen-bond donors (Lipinski definition) is 1. The van der Waals surface area contributed by atoms with Crippen molar-refractivity contribution in [2.24, 2.45) is 5.41 Å². The van der Waals surface area contributed by atoms with Crippen LogP contribution in [0, 0.1) is 11.2 Å². The lowest BCUT2D eigenvalue weighted by Gasteiger charge is -2.46. The predicted molar refractivity (Wildman–Crippen MR) is 66.0 cm³/mol. The van der Waals surface area contributed by atoms with E-state index in [1.807, 2.05) is 0 Å².